The van der Waals surface area contributed by atoms with Crippen molar-refractivity contribution in [1.82, 2.24) is 9.80 Å². The van der Waals surface area contributed by atoms with Gasteiger partial charge in [-0.05, 0) is 19.1 Å². The second-order valence-corrected chi connectivity index (χ2v) is 8.66. The molecular weight excluding hydrogens is 368 g/mol. The molecule has 0 radical (unpaired) electrons. The molecule has 0 aromatic heterocycles. The first-order valence-corrected chi connectivity index (χ1v) is 10.7. The van der Waals surface area contributed by atoms with Crippen molar-refractivity contribution >= 4 is 45.4 Å². The second-order valence-electron chi connectivity index (χ2n) is 6.36. The number of nitrogens with one attached hydrogen (secondary N) is 1. The Morgan fingerprint density at radius 2 is 1.92 bits per heavy atom. The van der Waals surface area contributed by atoms with Crippen LogP contribution in [0.3, 0.4) is 0 Å². The lowest BCUT2D eigenvalue weighted by Gasteiger charge is -2.34. The molecule has 0 bridgehead atoms. The summed E-state index contributed by atoms with van der Waals surface area (Å²) in [6.07, 6.45) is 0. The van der Waals surface area contributed by atoms with Crippen LogP contribution in [0.2, 0.25) is 0 Å². The van der Waals surface area contributed by atoms with Gasteiger partial charge in [-0.1, -0.05) is 41.2 Å². The fourth-order valence-electron chi connectivity index (χ4n) is 2.81. The van der Waals surface area contributed by atoms with Gasteiger partial charge in [-0.3, -0.25) is 19.5 Å². The number of hydrogen-bond donors (Lipinski definition) is 1. The largest absolute Gasteiger partial charge is 0.339 e. The van der Waals surface area contributed by atoms with Gasteiger partial charge < -0.3 is 10.2 Å². The molecule has 0 atom stereocenters. The predicted octanol–water partition coefficient (Wildman–Crippen LogP) is 1.91. The van der Waals surface area contributed by atoms with Gasteiger partial charge in [0.25, 0.3) is 0 Å². The van der Waals surface area contributed by atoms with E-state index in [0.717, 1.165) is 35.5 Å². The van der Waals surface area contributed by atoms with Crippen LogP contribution < -0.4 is 5.32 Å². The number of carbonyl (C=O) groups excluding carboxylic acids is 2. The number of aliphatic imine (C=N–C) groups is 1. The number of piperazine rings is 1. The molecule has 1 aromatic rings. The van der Waals surface area contributed by atoms with Crippen LogP contribution in [0.15, 0.2) is 29.3 Å². The molecule has 1 saturated heterocycles. The number of thioether (sulfide) groups is 2. The first kappa shape index (κ1) is 19.3. The zero-order chi connectivity index (χ0) is 18.4. The van der Waals surface area contributed by atoms with Crippen LogP contribution in [0.5, 0.6) is 0 Å². The molecule has 0 aliphatic carbocycles. The van der Waals surface area contributed by atoms with E-state index in [9.17, 15) is 9.59 Å². The zero-order valence-corrected chi connectivity index (χ0v) is 16.6. The molecule has 2 heterocycles. The topological polar surface area (TPSA) is 65.0 Å². The summed E-state index contributed by atoms with van der Waals surface area (Å²) in [5, 5.41) is 2.92. The molecule has 0 unspecified atom stereocenters. The van der Waals surface area contributed by atoms with Crippen molar-refractivity contribution in [3.63, 3.8) is 0 Å². The lowest BCUT2D eigenvalue weighted by atomic mass is 10.2. The summed E-state index contributed by atoms with van der Waals surface area (Å²) in [6, 6.07) is 7.78. The molecule has 140 valence electrons. The first-order valence-electron chi connectivity index (χ1n) is 8.77. The summed E-state index contributed by atoms with van der Waals surface area (Å²) >= 11 is 3.27. The van der Waals surface area contributed by atoms with E-state index >= 15 is 0 Å². The van der Waals surface area contributed by atoms with E-state index in [4.69, 9.17) is 0 Å². The molecule has 8 heteroatoms. The third-order valence-corrected chi connectivity index (χ3v) is 6.54. The van der Waals surface area contributed by atoms with Crippen molar-refractivity contribution in [3.05, 3.63) is 29.8 Å². The third-order valence-electron chi connectivity index (χ3n) is 4.30. The Kier molecular flexibility index (Phi) is 6.99. The Hall–Kier alpha value is -1.51. The highest BCUT2D eigenvalue weighted by Gasteiger charge is 2.23. The number of nitrogens with zero attached hydrogens (tertiary/aromatic N) is 3. The fourth-order valence-corrected chi connectivity index (χ4v) is 4.73. The van der Waals surface area contributed by atoms with E-state index < -0.39 is 0 Å². The number of amides is 2. The molecule has 1 fully saturated rings. The molecule has 1 N–H and O–H groups in total. The number of aryl methyl sites for hydroxylation is 1. The van der Waals surface area contributed by atoms with Gasteiger partial charge >= 0.3 is 0 Å². The van der Waals surface area contributed by atoms with Crippen molar-refractivity contribution in [2.75, 3.05) is 56.1 Å². The van der Waals surface area contributed by atoms with Gasteiger partial charge in [0.15, 0.2) is 0 Å². The third kappa shape index (κ3) is 5.75. The van der Waals surface area contributed by atoms with Crippen LogP contribution in [0, 0.1) is 6.92 Å². The Labute approximate surface area is 162 Å². The highest BCUT2D eigenvalue weighted by molar-refractivity contribution is 8.39. The maximum absolute atomic E-state index is 12.3. The maximum Gasteiger partial charge on any atom is 0.238 e. The van der Waals surface area contributed by atoms with Crippen molar-refractivity contribution in [2.24, 2.45) is 4.99 Å². The molecule has 0 spiro atoms. The van der Waals surface area contributed by atoms with Crippen molar-refractivity contribution in [3.8, 4) is 0 Å². The van der Waals surface area contributed by atoms with Crippen LogP contribution in [0.1, 0.15) is 5.56 Å². The number of carbonyl (C=O) groups is 2. The summed E-state index contributed by atoms with van der Waals surface area (Å²) in [5.41, 5.74) is 1.99. The molecule has 2 amide bonds. The monoisotopic (exact) mass is 392 g/mol. The minimum absolute atomic E-state index is 0.0135. The lowest BCUT2D eigenvalue weighted by Crippen LogP contribution is -2.50. The molecule has 2 aliphatic heterocycles. The van der Waals surface area contributed by atoms with Crippen molar-refractivity contribution in [1.29, 1.82) is 0 Å². The summed E-state index contributed by atoms with van der Waals surface area (Å²) in [4.78, 5) is 32.8. The normalized spacial score (nSPS) is 17.9. The standard InChI is InChI=1S/C18H24N4O2S2/c1-14-2-4-15(5-3-14)20-16(23)12-21-7-9-22(10-8-21)17(24)13-26-18-19-6-11-25-18/h2-5H,6-13H2,1H3,(H,20,23). The van der Waals surface area contributed by atoms with E-state index in [1.807, 2.05) is 36.1 Å². The highest BCUT2D eigenvalue weighted by atomic mass is 32.2. The fraction of sp³-hybridized carbons (Fsp3) is 0.500. The van der Waals surface area contributed by atoms with Gasteiger partial charge in [0.05, 0.1) is 18.8 Å². The number of hydrogen-bond acceptors (Lipinski definition) is 6. The van der Waals surface area contributed by atoms with Gasteiger partial charge in [0.2, 0.25) is 11.8 Å². The summed E-state index contributed by atoms with van der Waals surface area (Å²) < 4.78 is 1.03. The van der Waals surface area contributed by atoms with Crippen LogP contribution in [-0.2, 0) is 9.59 Å². The van der Waals surface area contributed by atoms with Crippen LogP contribution in [0.25, 0.3) is 0 Å². The predicted molar refractivity (Wildman–Crippen MR) is 110 cm³/mol. The SMILES string of the molecule is Cc1ccc(NC(=O)CN2CCN(C(=O)CSC3=NCCS3)CC2)cc1. The van der Waals surface area contributed by atoms with Crippen LogP contribution >= 0.6 is 23.5 Å². The van der Waals surface area contributed by atoms with E-state index in [0.29, 0.717) is 25.4 Å². The quantitative estimate of drug-likeness (QED) is 0.829. The van der Waals surface area contributed by atoms with Gasteiger partial charge in [0, 0.05) is 37.6 Å². The maximum atomic E-state index is 12.3. The number of rotatable bonds is 5. The van der Waals surface area contributed by atoms with E-state index in [1.54, 1.807) is 23.5 Å². The zero-order valence-electron chi connectivity index (χ0n) is 14.9. The Morgan fingerprint density at radius 1 is 1.19 bits per heavy atom. The van der Waals surface area contributed by atoms with Gasteiger partial charge in [-0.2, -0.15) is 0 Å². The van der Waals surface area contributed by atoms with E-state index in [-0.39, 0.29) is 11.8 Å². The summed E-state index contributed by atoms with van der Waals surface area (Å²) in [6.45, 7) is 6.06. The van der Waals surface area contributed by atoms with Crippen molar-refractivity contribution < 1.29 is 9.59 Å². The Bertz CT molecular complexity index is 670. The van der Waals surface area contributed by atoms with Crippen LogP contribution in [0.4, 0.5) is 5.69 Å². The minimum atomic E-state index is -0.0135. The molecule has 6 nitrogen and oxygen atoms in total. The van der Waals surface area contributed by atoms with Crippen LogP contribution in [-0.4, -0.2) is 76.8 Å². The number of benzene rings is 1. The molecule has 3 rings (SSSR count). The molecule has 2 aliphatic rings. The van der Waals surface area contributed by atoms with Gasteiger partial charge in [-0.25, -0.2) is 0 Å². The van der Waals surface area contributed by atoms with Crippen molar-refractivity contribution in [2.45, 2.75) is 6.92 Å². The molecule has 1 aromatic carbocycles. The molecule has 0 saturated carbocycles. The smallest absolute Gasteiger partial charge is 0.238 e. The first-order chi connectivity index (χ1) is 12.6. The molecular formula is C18H24N4O2S2. The minimum Gasteiger partial charge on any atom is -0.339 e. The molecule has 26 heavy (non-hydrogen) atoms. The van der Waals surface area contributed by atoms with E-state index in [2.05, 4.69) is 15.2 Å². The summed E-state index contributed by atoms with van der Waals surface area (Å²) in [5.74, 6) is 1.63. The second kappa shape index (κ2) is 9.43. The average molecular weight is 393 g/mol. The van der Waals surface area contributed by atoms with Gasteiger partial charge in [-0.15, -0.1) is 0 Å². The average Bonchev–Trinajstić information content (AvgIpc) is 3.16. The van der Waals surface area contributed by atoms with E-state index in [1.165, 1.54) is 5.56 Å². The number of anilines is 1. The Morgan fingerprint density at radius 3 is 2.58 bits per heavy atom. The highest BCUT2D eigenvalue weighted by Crippen LogP contribution is 2.22. The van der Waals surface area contributed by atoms with Gasteiger partial charge in [0.1, 0.15) is 4.38 Å². The Balaban J connectivity index is 1.36. The summed E-state index contributed by atoms with van der Waals surface area (Å²) in [7, 11) is 0. The lowest BCUT2D eigenvalue weighted by molar-refractivity contribution is -0.130.